The molecule has 1 saturated heterocycles. The number of hydrogen-bond donors (Lipinski definition) is 1. The number of halogens is 1. The van der Waals surface area contributed by atoms with Crippen molar-refractivity contribution in [1.29, 1.82) is 0 Å². The average Bonchev–Trinajstić information content (AvgIpc) is 2.48. The minimum Gasteiger partial charge on any atom is -0.382 e. The predicted octanol–water partition coefficient (Wildman–Crippen LogP) is 1.13. The maximum atomic E-state index is 12.1. The van der Waals surface area contributed by atoms with Crippen LogP contribution < -0.4 is 5.32 Å². The monoisotopic (exact) mass is 477 g/mol. The Kier molecular flexibility index (Phi) is 11.4. The number of nitrogens with zero attached hydrogens (tertiary/aromatic N) is 2. The summed E-state index contributed by atoms with van der Waals surface area (Å²) in [5.41, 5.74) is 0. The summed E-state index contributed by atoms with van der Waals surface area (Å²) in [6.45, 7) is 9.77. The van der Waals surface area contributed by atoms with Gasteiger partial charge in [-0.2, -0.15) is 0 Å². The lowest BCUT2D eigenvalue weighted by molar-refractivity contribution is 0.0702. The third-order valence-electron chi connectivity index (χ3n) is 3.82. The van der Waals surface area contributed by atoms with Crippen LogP contribution in [0.4, 0.5) is 0 Å². The van der Waals surface area contributed by atoms with E-state index in [1.807, 2.05) is 11.8 Å². The molecule has 144 valence electrons. The van der Waals surface area contributed by atoms with E-state index >= 15 is 0 Å². The Labute approximate surface area is 163 Å². The molecule has 0 atom stereocenters. The molecule has 0 aromatic heterocycles. The molecule has 1 heterocycles. The van der Waals surface area contributed by atoms with E-state index in [4.69, 9.17) is 9.47 Å². The van der Waals surface area contributed by atoms with Crippen molar-refractivity contribution < 1.29 is 17.9 Å². The summed E-state index contributed by atoms with van der Waals surface area (Å²) in [4.78, 5) is 6.63. The van der Waals surface area contributed by atoms with E-state index < -0.39 is 14.6 Å². The number of aliphatic imine (C=N–C) groups is 1. The van der Waals surface area contributed by atoms with Gasteiger partial charge in [0.1, 0.15) is 0 Å². The summed E-state index contributed by atoms with van der Waals surface area (Å²) in [6, 6.07) is 0. The van der Waals surface area contributed by atoms with Gasteiger partial charge in [-0.05, 0) is 27.2 Å². The van der Waals surface area contributed by atoms with Crippen LogP contribution in [0.25, 0.3) is 0 Å². The van der Waals surface area contributed by atoms with Gasteiger partial charge >= 0.3 is 0 Å². The Morgan fingerprint density at radius 3 is 2.58 bits per heavy atom. The number of nitrogens with one attached hydrogen (secondary N) is 1. The molecular weight excluding hydrogens is 445 g/mol. The molecule has 0 radical (unpaired) electrons. The minimum absolute atomic E-state index is 0. The van der Waals surface area contributed by atoms with Gasteiger partial charge in [-0.25, -0.2) is 8.42 Å². The fraction of sp³-hybridized carbons (Fsp3) is 0.933. The zero-order valence-electron chi connectivity index (χ0n) is 15.2. The molecule has 7 nitrogen and oxygen atoms in total. The number of rotatable bonds is 8. The summed E-state index contributed by atoms with van der Waals surface area (Å²) in [7, 11) is -1.39. The third kappa shape index (κ3) is 7.40. The lowest BCUT2D eigenvalue weighted by atomic mass is 10.2. The lowest BCUT2D eigenvalue weighted by Gasteiger charge is -2.39. The maximum absolute atomic E-state index is 12.1. The Morgan fingerprint density at radius 1 is 1.29 bits per heavy atom. The van der Waals surface area contributed by atoms with E-state index in [0.717, 1.165) is 18.9 Å². The number of hydrogen-bond acceptors (Lipinski definition) is 5. The molecule has 9 heteroatoms. The second kappa shape index (κ2) is 11.5. The van der Waals surface area contributed by atoms with Gasteiger partial charge in [-0.1, -0.05) is 0 Å². The molecule has 1 rings (SSSR count). The molecule has 0 aromatic rings. The number of ether oxygens (including phenoxy) is 2. The predicted molar refractivity (Wildman–Crippen MR) is 108 cm³/mol. The topological polar surface area (TPSA) is 80.2 Å². The zero-order chi connectivity index (χ0) is 17.3. The summed E-state index contributed by atoms with van der Waals surface area (Å²) in [5.74, 6) is 0.956. The van der Waals surface area contributed by atoms with Crippen molar-refractivity contribution in [3.8, 4) is 0 Å². The molecule has 0 spiro atoms. The Hall–Kier alpha value is -0.130. The lowest BCUT2D eigenvalue weighted by Crippen LogP contribution is -2.57. The first-order chi connectivity index (χ1) is 10.8. The van der Waals surface area contributed by atoms with E-state index in [2.05, 4.69) is 10.3 Å². The van der Waals surface area contributed by atoms with Gasteiger partial charge in [-0.15, -0.1) is 24.0 Å². The first-order valence-corrected chi connectivity index (χ1v) is 9.81. The fourth-order valence-electron chi connectivity index (χ4n) is 2.35. The highest BCUT2D eigenvalue weighted by Crippen LogP contribution is 2.23. The Morgan fingerprint density at radius 2 is 2.00 bits per heavy atom. The van der Waals surface area contributed by atoms with Crippen molar-refractivity contribution in [3.63, 3.8) is 0 Å². The molecule has 0 aromatic carbocycles. The molecule has 0 bridgehead atoms. The van der Waals surface area contributed by atoms with E-state index in [9.17, 15) is 8.42 Å². The van der Waals surface area contributed by atoms with Crippen molar-refractivity contribution in [2.75, 3.05) is 58.9 Å². The summed E-state index contributed by atoms with van der Waals surface area (Å²) >= 11 is 0. The smallest absolute Gasteiger partial charge is 0.193 e. The van der Waals surface area contributed by atoms with Gasteiger partial charge < -0.3 is 19.7 Å². The number of methoxy groups -OCH3 is 1. The highest BCUT2D eigenvalue weighted by molar-refractivity contribution is 14.0. The van der Waals surface area contributed by atoms with E-state index in [-0.39, 0.29) is 29.7 Å². The number of guanidine groups is 1. The van der Waals surface area contributed by atoms with Gasteiger partial charge in [0.05, 0.1) is 23.7 Å². The molecule has 0 amide bonds. The van der Waals surface area contributed by atoms with Crippen LogP contribution in [-0.2, 0) is 19.3 Å². The first kappa shape index (κ1) is 23.9. The highest BCUT2D eigenvalue weighted by atomic mass is 127. The van der Waals surface area contributed by atoms with Crippen molar-refractivity contribution >= 4 is 39.8 Å². The second-order valence-electron chi connectivity index (χ2n) is 6.19. The Bertz CT molecular complexity index is 483. The van der Waals surface area contributed by atoms with Crippen LogP contribution in [0.2, 0.25) is 0 Å². The van der Waals surface area contributed by atoms with Crippen LogP contribution in [0.5, 0.6) is 0 Å². The quantitative estimate of drug-likeness (QED) is 0.245. The normalized spacial score (nSPS) is 19.7. The molecule has 0 saturated carbocycles. The van der Waals surface area contributed by atoms with Crippen LogP contribution in [0.3, 0.4) is 0 Å². The first-order valence-electron chi connectivity index (χ1n) is 8.16. The average molecular weight is 477 g/mol. The summed E-state index contributed by atoms with van der Waals surface area (Å²) in [6.07, 6.45) is 0.828. The highest BCUT2D eigenvalue weighted by Gasteiger charge is 2.40. The van der Waals surface area contributed by atoms with Crippen LogP contribution in [0.1, 0.15) is 27.2 Å². The van der Waals surface area contributed by atoms with E-state index in [0.29, 0.717) is 39.5 Å². The van der Waals surface area contributed by atoms with E-state index in [1.54, 1.807) is 21.0 Å². The van der Waals surface area contributed by atoms with Gasteiger partial charge in [0.25, 0.3) is 0 Å². The van der Waals surface area contributed by atoms with Crippen LogP contribution in [-0.4, -0.2) is 82.9 Å². The molecule has 0 aliphatic carbocycles. The van der Waals surface area contributed by atoms with Gasteiger partial charge in [0.2, 0.25) is 0 Å². The second-order valence-corrected chi connectivity index (χ2v) is 8.94. The summed E-state index contributed by atoms with van der Waals surface area (Å²) in [5, 5.41) is 3.25. The summed E-state index contributed by atoms with van der Waals surface area (Å²) < 4.78 is 33.8. The van der Waals surface area contributed by atoms with Gasteiger partial charge in [0.15, 0.2) is 15.8 Å². The molecule has 0 unspecified atom stereocenters. The SMILES string of the molecule is CCNC(=NCCCOCCOC)N1CCS(=O)(=O)C(C)(C)C1.I. The van der Waals surface area contributed by atoms with Crippen LogP contribution in [0, 0.1) is 0 Å². The van der Waals surface area contributed by atoms with Crippen LogP contribution in [0.15, 0.2) is 4.99 Å². The number of sulfone groups is 1. The molecule has 1 fully saturated rings. The standard InChI is InChI=1S/C15H31N3O4S.HI/c1-5-16-14(17-7-6-9-22-11-10-21-4)18-8-12-23(19,20)15(2,3)13-18;/h5-13H2,1-4H3,(H,16,17);1H. The third-order valence-corrected chi connectivity index (χ3v) is 6.35. The van der Waals surface area contributed by atoms with Crippen molar-refractivity contribution in [3.05, 3.63) is 0 Å². The van der Waals surface area contributed by atoms with Crippen molar-refractivity contribution in [2.24, 2.45) is 4.99 Å². The molecule has 1 aliphatic heterocycles. The van der Waals surface area contributed by atoms with Crippen molar-refractivity contribution in [2.45, 2.75) is 31.9 Å². The molecule has 1 N–H and O–H groups in total. The van der Waals surface area contributed by atoms with Crippen LogP contribution >= 0.6 is 24.0 Å². The fourth-order valence-corrected chi connectivity index (χ4v) is 3.71. The van der Waals surface area contributed by atoms with Gasteiger partial charge in [0, 0.05) is 39.9 Å². The maximum Gasteiger partial charge on any atom is 0.193 e. The van der Waals surface area contributed by atoms with Crippen molar-refractivity contribution in [1.82, 2.24) is 10.2 Å². The largest absolute Gasteiger partial charge is 0.382 e. The minimum atomic E-state index is -3.04. The zero-order valence-corrected chi connectivity index (χ0v) is 18.4. The molecular formula is C15H32IN3O4S. The molecule has 1 aliphatic rings. The van der Waals surface area contributed by atoms with E-state index in [1.165, 1.54) is 0 Å². The molecule has 24 heavy (non-hydrogen) atoms. The van der Waals surface area contributed by atoms with Gasteiger partial charge in [-0.3, -0.25) is 4.99 Å². The Balaban J connectivity index is 0.00000529.